The molecule has 160 valence electrons. The van der Waals surface area contributed by atoms with E-state index < -0.39 is 12.5 Å². The van der Waals surface area contributed by atoms with Crippen LogP contribution in [0.1, 0.15) is 34.3 Å². The lowest BCUT2D eigenvalue weighted by Gasteiger charge is -2.21. The highest BCUT2D eigenvalue weighted by atomic mass is 19.3. The minimum atomic E-state index is -2.84. The van der Waals surface area contributed by atoms with Gasteiger partial charge in [-0.2, -0.15) is 8.78 Å². The van der Waals surface area contributed by atoms with Gasteiger partial charge in [0.05, 0.1) is 6.54 Å². The van der Waals surface area contributed by atoms with E-state index in [1.807, 2.05) is 12.1 Å². The molecule has 8 heteroatoms. The van der Waals surface area contributed by atoms with Crippen LogP contribution in [0.2, 0.25) is 0 Å². The van der Waals surface area contributed by atoms with Crippen molar-refractivity contribution in [2.45, 2.75) is 38.5 Å². The second-order valence-corrected chi connectivity index (χ2v) is 7.32. The molecule has 0 atom stereocenters. The first kappa shape index (κ1) is 21.7. The summed E-state index contributed by atoms with van der Waals surface area (Å²) in [5.41, 5.74) is 7.67. The molecule has 2 amide bonds. The van der Waals surface area contributed by atoms with Gasteiger partial charge in [-0.3, -0.25) is 14.5 Å². The van der Waals surface area contributed by atoms with Gasteiger partial charge in [0.1, 0.15) is 5.75 Å². The molecule has 0 spiro atoms. The van der Waals surface area contributed by atoms with E-state index in [2.05, 4.69) is 15.0 Å². The molecule has 0 saturated heterocycles. The molecule has 2 aromatic carbocycles. The zero-order valence-electron chi connectivity index (χ0n) is 16.5. The van der Waals surface area contributed by atoms with Crippen LogP contribution in [0.5, 0.6) is 5.75 Å². The third-order valence-corrected chi connectivity index (χ3v) is 4.92. The molecular weight excluding hydrogens is 392 g/mol. The van der Waals surface area contributed by atoms with Crippen molar-refractivity contribution < 1.29 is 23.1 Å². The molecule has 0 unspecified atom stereocenters. The highest BCUT2D eigenvalue weighted by Gasteiger charge is 2.30. The topological polar surface area (TPSA) is 84.7 Å². The molecule has 30 heavy (non-hydrogen) atoms. The second-order valence-electron chi connectivity index (χ2n) is 7.32. The quantitative estimate of drug-likeness (QED) is 0.589. The maximum Gasteiger partial charge on any atom is 0.387 e. The summed E-state index contributed by atoms with van der Waals surface area (Å²) in [6.07, 6.45) is 2.73. The molecular formula is C22H25F2N3O3. The van der Waals surface area contributed by atoms with E-state index in [-0.39, 0.29) is 11.7 Å². The molecule has 0 radical (unpaired) electrons. The number of amides is 2. The van der Waals surface area contributed by atoms with Crippen molar-refractivity contribution >= 4 is 11.8 Å². The molecule has 0 aliphatic heterocycles. The molecule has 3 N–H and O–H groups in total. The van der Waals surface area contributed by atoms with Gasteiger partial charge < -0.3 is 15.8 Å². The number of alkyl halides is 2. The summed E-state index contributed by atoms with van der Waals surface area (Å²) in [4.78, 5) is 25.7. The van der Waals surface area contributed by atoms with Crippen LogP contribution < -0.4 is 15.8 Å². The van der Waals surface area contributed by atoms with E-state index >= 15 is 0 Å². The van der Waals surface area contributed by atoms with Crippen LogP contribution in [0.15, 0.2) is 48.5 Å². The number of primary amides is 1. The van der Waals surface area contributed by atoms with Gasteiger partial charge in [-0.05, 0) is 54.7 Å². The van der Waals surface area contributed by atoms with Gasteiger partial charge in [0.25, 0.3) is 0 Å². The van der Waals surface area contributed by atoms with Gasteiger partial charge in [-0.25, -0.2) is 0 Å². The van der Waals surface area contributed by atoms with Crippen molar-refractivity contribution in [3.8, 4) is 5.75 Å². The second kappa shape index (κ2) is 10.2. The smallest absolute Gasteiger partial charge is 0.387 e. The summed E-state index contributed by atoms with van der Waals surface area (Å²) < 4.78 is 28.7. The Kier molecular flexibility index (Phi) is 7.35. The molecule has 0 heterocycles. The summed E-state index contributed by atoms with van der Waals surface area (Å²) in [5, 5.41) is 2.91. The van der Waals surface area contributed by atoms with Gasteiger partial charge in [0.15, 0.2) is 0 Å². The third kappa shape index (κ3) is 6.81. The van der Waals surface area contributed by atoms with Crippen LogP contribution in [0.25, 0.3) is 0 Å². The maximum absolute atomic E-state index is 12.4. The van der Waals surface area contributed by atoms with Crippen molar-refractivity contribution in [2.75, 3.05) is 13.1 Å². The Morgan fingerprint density at radius 2 is 1.70 bits per heavy atom. The Morgan fingerprint density at radius 1 is 1.07 bits per heavy atom. The van der Waals surface area contributed by atoms with Crippen LogP contribution in [0, 0.1) is 0 Å². The van der Waals surface area contributed by atoms with E-state index in [1.54, 1.807) is 24.3 Å². The van der Waals surface area contributed by atoms with Crippen LogP contribution >= 0.6 is 0 Å². The number of carbonyl (C=O) groups excluding carboxylic acids is 2. The standard InChI is InChI=1S/C22H25F2N3O3/c23-22(24)30-19-9-3-15(4-10-19)11-12-26-20(28)14-27(18-7-8-18)13-16-1-5-17(6-2-16)21(25)29/h1-6,9-10,18,22H,7-8,11-14H2,(H2,25,29)(H,26,28). The van der Waals surface area contributed by atoms with Gasteiger partial charge in [-0.15, -0.1) is 0 Å². The normalized spacial score (nSPS) is 13.5. The summed E-state index contributed by atoms with van der Waals surface area (Å²) in [7, 11) is 0. The Labute approximate surface area is 174 Å². The molecule has 0 bridgehead atoms. The average Bonchev–Trinajstić information content (AvgIpc) is 3.54. The first-order chi connectivity index (χ1) is 14.4. The minimum absolute atomic E-state index is 0.0618. The Hall–Kier alpha value is -3.00. The van der Waals surface area contributed by atoms with E-state index in [0.29, 0.717) is 37.7 Å². The predicted molar refractivity (Wildman–Crippen MR) is 108 cm³/mol. The molecule has 1 fully saturated rings. The highest BCUT2D eigenvalue weighted by molar-refractivity contribution is 5.92. The summed E-state index contributed by atoms with van der Waals surface area (Å²) in [5.74, 6) is -0.411. The zero-order chi connectivity index (χ0) is 21.5. The first-order valence-electron chi connectivity index (χ1n) is 9.84. The summed E-state index contributed by atoms with van der Waals surface area (Å²) in [6.45, 7) is -1.46. The van der Waals surface area contributed by atoms with Crippen molar-refractivity contribution in [1.29, 1.82) is 0 Å². The zero-order valence-corrected chi connectivity index (χ0v) is 16.5. The minimum Gasteiger partial charge on any atom is -0.435 e. The van der Waals surface area contributed by atoms with Crippen LogP contribution in [-0.2, 0) is 17.8 Å². The monoisotopic (exact) mass is 417 g/mol. The predicted octanol–water partition coefficient (Wildman–Crippen LogP) is 2.71. The molecule has 1 aliphatic rings. The van der Waals surface area contributed by atoms with Gasteiger partial charge >= 0.3 is 6.61 Å². The first-order valence-corrected chi connectivity index (χ1v) is 9.84. The molecule has 1 saturated carbocycles. The Bertz CT molecular complexity index is 853. The SMILES string of the molecule is NC(=O)c1ccc(CN(CC(=O)NCCc2ccc(OC(F)F)cc2)C2CC2)cc1. The van der Waals surface area contributed by atoms with Crippen molar-refractivity contribution in [3.63, 3.8) is 0 Å². The summed E-state index contributed by atoms with van der Waals surface area (Å²) >= 11 is 0. The molecule has 6 nitrogen and oxygen atoms in total. The fraction of sp³-hybridized carbons (Fsp3) is 0.364. The largest absolute Gasteiger partial charge is 0.435 e. The van der Waals surface area contributed by atoms with Gasteiger partial charge in [0.2, 0.25) is 11.8 Å². The van der Waals surface area contributed by atoms with Crippen molar-refractivity contribution in [3.05, 3.63) is 65.2 Å². The number of nitrogens with one attached hydrogen (secondary N) is 1. The number of halogens is 2. The lowest BCUT2D eigenvalue weighted by atomic mass is 10.1. The highest BCUT2D eigenvalue weighted by Crippen LogP contribution is 2.28. The van der Waals surface area contributed by atoms with E-state index in [9.17, 15) is 18.4 Å². The fourth-order valence-corrected chi connectivity index (χ4v) is 3.19. The number of nitrogens with zero attached hydrogens (tertiary/aromatic N) is 1. The molecule has 0 aromatic heterocycles. The number of ether oxygens (including phenoxy) is 1. The van der Waals surface area contributed by atoms with Crippen molar-refractivity contribution in [2.24, 2.45) is 5.73 Å². The Balaban J connectivity index is 1.44. The number of benzene rings is 2. The van der Waals surface area contributed by atoms with Gasteiger partial charge in [-0.1, -0.05) is 24.3 Å². The number of hydrogen-bond acceptors (Lipinski definition) is 4. The molecule has 1 aliphatic carbocycles. The van der Waals surface area contributed by atoms with Crippen molar-refractivity contribution in [1.82, 2.24) is 10.2 Å². The average molecular weight is 417 g/mol. The number of rotatable bonds is 11. The fourth-order valence-electron chi connectivity index (χ4n) is 3.19. The van der Waals surface area contributed by atoms with Crippen LogP contribution in [-0.4, -0.2) is 42.5 Å². The van der Waals surface area contributed by atoms with E-state index in [0.717, 1.165) is 24.0 Å². The van der Waals surface area contributed by atoms with Crippen LogP contribution in [0.4, 0.5) is 8.78 Å². The number of hydrogen-bond donors (Lipinski definition) is 2. The molecule has 3 rings (SSSR count). The summed E-state index contributed by atoms with van der Waals surface area (Å²) in [6, 6.07) is 13.9. The van der Waals surface area contributed by atoms with E-state index in [4.69, 9.17) is 5.73 Å². The number of carbonyl (C=O) groups is 2. The van der Waals surface area contributed by atoms with Crippen LogP contribution in [0.3, 0.4) is 0 Å². The lowest BCUT2D eigenvalue weighted by molar-refractivity contribution is -0.122. The maximum atomic E-state index is 12.4. The third-order valence-electron chi connectivity index (χ3n) is 4.92. The molecule has 2 aromatic rings. The Morgan fingerprint density at radius 3 is 2.27 bits per heavy atom. The lowest BCUT2D eigenvalue weighted by Crippen LogP contribution is -2.38. The number of nitrogens with two attached hydrogens (primary N) is 1. The van der Waals surface area contributed by atoms with Gasteiger partial charge in [0, 0.05) is 24.7 Å². The van der Waals surface area contributed by atoms with E-state index in [1.165, 1.54) is 12.1 Å².